The summed E-state index contributed by atoms with van der Waals surface area (Å²) < 4.78 is 5.23. The van der Waals surface area contributed by atoms with Crippen molar-refractivity contribution >= 4 is 23.4 Å². The summed E-state index contributed by atoms with van der Waals surface area (Å²) in [6, 6.07) is 16.5. The number of hydrogen-bond acceptors (Lipinski definition) is 3. The van der Waals surface area contributed by atoms with E-state index in [0.717, 1.165) is 37.1 Å². The van der Waals surface area contributed by atoms with E-state index in [-0.39, 0.29) is 5.91 Å². The van der Waals surface area contributed by atoms with Gasteiger partial charge in [0.2, 0.25) is 5.91 Å². The van der Waals surface area contributed by atoms with E-state index in [9.17, 15) is 4.79 Å². The topological polar surface area (TPSA) is 38.3 Å². The number of hydrogen-bond donors (Lipinski definition) is 1. The van der Waals surface area contributed by atoms with Crippen molar-refractivity contribution in [3.05, 3.63) is 54.1 Å². The molecule has 0 radical (unpaired) electrons. The molecular weight excluding hydrogens is 342 g/mol. The van der Waals surface area contributed by atoms with Gasteiger partial charge in [-0.25, -0.2) is 0 Å². The molecule has 0 heterocycles. The number of nitrogens with one attached hydrogen (secondary N) is 1. The largest absolute Gasteiger partial charge is 0.497 e. The second-order valence-electron chi connectivity index (χ2n) is 6.97. The smallest absolute Gasteiger partial charge is 0.224 e. The summed E-state index contributed by atoms with van der Waals surface area (Å²) in [5.74, 6) is 2.15. The summed E-state index contributed by atoms with van der Waals surface area (Å²) in [5.41, 5.74) is 2.28. The fraction of sp³-hybridized carbons (Fsp3) is 0.409. The molecule has 3 rings (SSSR count). The van der Waals surface area contributed by atoms with Crippen LogP contribution < -0.4 is 10.1 Å². The highest BCUT2D eigenvalue weighted by atomic mass is 32.2. The number of methoxy groups -OCH3 is 1. The highest BCUT2D eigenvalue weighted by Gasteiger charge is 2.24. The lowest BCUT2D eigenvalue weighted by Crippen LogP contribution is -2.20. The van der Waals surface area contributed by atoms with Crippen LogP contribution in [0.1, 0.15) is 43.6 Å². The number of thioether (sulfide) groups is 1. The Hall–Kier alpha value is -1.94. The van der Waals surface area contributed by atoms with Gasteiger partial charge in [-0.3, -0.25) is 4.79 Å². The fourth-order valence-corrected chi connectivity index (χ4v) is 4.13. The number of carbonyl (C=O) groups excluding carboxylic acids is 1. The second kappa shape index (κ2) is 9.13. The molecule has 2 aromatic carbocycles. The van der Waals surface area contributed by atoms with Gasteiger partial charge >= 0.3 is 0 Å². The average Bonchev–Trinajstić information content (AvgIpc) is 2.69. The van der Waals surface area contributed by atoms with E-state index in [2.05, 4.69) is 23.7 Å². The third kappa shape index (κ3) is 5.04. The second-order valence-corrected chi connectivity index (χ2v) is 7.85. The van der Waals surface area contributed by atoms with Crippen LogP contribution in [0.4, 0.5) is 5.69 Å². The van der Waals surface area contributed by atoms with E-state index in [4.69, 9.17) is 4.74 Å². The van der Waals surface area contributed by atoms with Crippen molar-refractivity contribution < 1.29 is 9.53 Å². The van der Waals surface area contributed by atoms with Crippen molar-refractivity contribution in [2.75, 3.05) is 18.7 Å². The number of benzene rings is 2. The van der Waals surface area contributed by atoms with Gasteiger partial charge in [0.05, 0.1) is 7.11 Å². The first-order chi connectivity index (χ1) is 12.7. The first kappa shape index (κ1) is 18.8. The molecule has 0 aromatic heterocycles. The Morgan fingerprint density at radius 2 is 1.69 bits per heavy atom. The zero-order valence-corrected chi connectivity index (χ0v) is 16.4. The van der Waals surface area contributed by atoms with Crippen LogP contribution >= 0.6 is 11.8 Å². The van der Waals surface area contributed by atoms with Crippen LogP contribution in [0.15, 0.2) is 53.4 Å². The highest BCUT2D eigenvalue weighted by Crippen LogP contribution is 2.37. The molecule has 3 nitrogen and oxygen atoms in total. The van der Waals surface area contributed by atoms with E-state index in [1.807, 2.05) is 36.4 Å². The Balaban J connectivity index is 1.46. The Morgan fingerprint density at radius 3 is 2.27 bits per heavy atom. The predicted octanol–water partition coefficient (Wildman–Crippen LogP) is 5.72. The van der Waals surface area contributed by atoms with Crippen molar-refractivity contribution in [1.82, 2.24) is 0 Å². The molecule has 1 saturated carbocycles. The average molecular weight is 370 g/mol. The van der Waals surface area contributed by atoms with Crippen LogP contribution in [0.5, 0.6) is 5.75 Å². The number of anilines is 1. The van der Waals surface area contributed by atoms with Crippen molar-refractivity contribution in [1.29, 1.82) is 0 Å². The lowest BCUT2D eigenvalue weighted by molar-refractivity contribution is -0.117. The molecule has 1 N–H and O–H groups in total. The van der Waals surface area contributed by atoms with Gasteiger partial charge in [0.1, 0.15) is 5.75 Å². The van der Waals surface area contributed by atoms with Crippen LogP contribution in [0.2, 0.25) is 0 Å². The number of carbonyl (C=O) groups is 1. The first-order valence-electron chi connectivity index (χ1n) is 9.26. The molecule has 0 aliphatic heterocycles. The molecule has 1 amide bonds. The van der Waals surface area contributed by atoms with E-state index in [0.29, 0.717) is 18.3 Å². The molecule has 0 spiro atoms. The number of rotatable bonds is 6. The summed E-state index contributed by atoms with van der Waals surface area (Å²) >= 11 is 1.71. The minimum absolute atomic E-state index is 0.134. The van der Waals surface area contributed by atoms with Crippen molar-refractivity contribution in [2.24, 2.45) is 5.92 Å². The Morgan fingerprint density at radius 1 is 1.04 bits per heavy atom. The monoisotopic (exact) mass is 369 g/mol. The van der Waals surface area contributed by atoms with Crippen LogP contribution in [-0.2, 0) is 4.79 Å². The number of ether oxygens (including phenoxy) is 1. The third-order valence-electron chi connectivity index (χ3n) is 5.28. The molecule has 0 unspecified atom stereocenters. The maximum Gasteiger partial charge on any atom is 0.224 e. The van der Waals surface area contributed by atoms with Crippen molar-refractivity contribution in [3.63, 3.8) is 0 Å². The van der Waals surface area contributed by atoms with Crippen LogP contribution in [0.25, 0.3) is 0 Å². The lowest BCUT2D eigenvalue weighted by atomic mass is 9.77. The van der Waals surface area contributed by atoms with Gasteiger partial charge in [0.25, 0.3) is 0 Å². The molecule has 0 atom stereocenters. The maximum absolute atomic E-state index is 12.3. The quantitative estimate of drug-likeness (QED) is 0.662. The van der Waals surface area contributed by atoms with Gasteiger partial charge in [-0.15, -0.1) is 11.8 Å². The molecule has 26 heavy (non-hydrogen) atoms. The van der Waals surface area contributed by atoms with E-state index >= 15 is 0 Å². The SMILES string of the molecule is COc1ccc(C2CCC(CC(=O)Nc3ccc(SC)cc3)CC2)cc1. The lowest BCUT2D eigenvalue weighted by Gasteiger charge is -2.28. The maximum atomic E-state index is 12.3. The summed E-state index contributed by atoms with van der Waals surface area (Å²) in [4.78, 5) is 13.5. The fourth-order valence-electron chi connectivity index (χ4n) is 3.72. The van der Waals surface area contributed by atoms with Gasteiger partial charge in [-0.2, -0.15) is 0 Å². The molecule has 4 heteroatoms. The van der Waals surface area contributed by atoms with Crippen LogP contribution in [0, 0.1) is 5.92 Å². The van der Waals surface area contributed by atoms with Crippen molar-refractivity contribution in [2.45, 2.75) is 42.9 Å². The van der Waals surface area contributed by atoms with Gasteiger partial charge in [-0.1, -0.05) is 12.1 Å². The van der Waals surface area contributed by atoms with Crippen LogP contribution in [0.3, 0.4) is 0 Å². The van der Waals surface area contributed by atoms with Gasteiger partial charge < -0.3 is 10.1 Å². The van der Waals surface area contributed by atoms with Gasteiger partial charge in [0, 0.05) is 17.0 Å². The van der Waals surface area contributed by atoms with Crippen LogP contribution in [-0.4, -0.2) is 19.3 Å². The summed E-state index contributed by atoms with van der Waals surface area (Å²) in [7, 11) is 1.70. The normalized spacial score (nSPS) is 19.8. The molecule has 0 saturated heterocycles. The molecule has 1 aliphatic rings. The molecule has 1 aliphatic carbocycles. The molecule has 0 bridgehead atoms. The Bertz CT molecular complexity index is 704. The summed E-state index contributed by atoms with van der Waals surface area (Å²) in [6.07, 6.45) is 7.24. The zero-order valence-electron chi connectivity index (χ0n) is 15.5. The highest BCUT2D eigenvalue weighted by molar-refractivity contribution is 7.98. The van der Waals surface area contributed by atoms with E-state index < -0.39 is 0 Å². The first-order valence-corrected chi connectivity index (χ1v) is 10.5. The van der Waals surface area contributed by atoms with Gasteiger partial charge in [0.15, 0.2) is 0 Å². The van der Waals surface area contributed by atoms with E-state index in [1.54, 1.807) is 18.9 Å². The molecule has 2 aromatic rings. The number of amides is 1. The molecule has 138 valence electrons. The molecular formula is C22H27NO2S. The predicted molar refractivity (Wildman–Crippen MR) is 109 cm³/mol. The van der Waals surface area contributed by atoms with Gasteiger partial charge in [-0.05, 0) is 85.7 Å². The summed E-state index contributed by atoms with van der Waals surface area (Å²) in [6.45, 7) is 0. The zero-order chi connectivity index (χ0) is 18.4. The Kier molecular flexibility index (Phi) is 6.62. The van der Waals surface area contributed by atoms with Crippen molar-refractivity contribution in [3.8, 4) is 5.75 Å². The standard InChI is InChI=1S/C22H27NO2S/c1-25-20-11-7-18(8-12-20)17-5-3-16(4-6-17)15-22(24)23-19-9-13-21(26-2)14-10-19/h7-14,16-17H,3-6,15H2,1-2H3,(H,23,24). The Labute approximate surface area is 160 Å². The molecule has 1 fully saturated rings. The third-order valence-corrected chi connectivity index (χ3v) is 6.03. The minimum atomic E-state index is 0.134. The van der Waals surface area contributed by atoms with E-state index in [1.165, 1.54) is 10.5 Å². The minimum Gasteiger partial charge on any atom is -0.497 e. The summed E-state index contributed by atoms with van der Waals surface area (Å²) in [5, 5.41) is 3.03.